The van der Waals surface area contributed by atoms with E-state index >= 15 is 0 Å². The number of ether oxygens (including phenoxy) is 1. The van der Waals surface area contributed by atoms with Gasteiger partial charge in [-0.15, -0.1) is 13.2 Å². The van der Waals surface area contributed by atoms with Gasteiger partial charge < -0.3 is 9.64 Å². The molecular weight excluding hydrogens is 247 g/mol. The summed E-state index contributed by atoms with van der Waals surface area (Å²) >= 11 is 0. The maximum Gasteiger partial charge on any atom is 0.573 e. The van der Waals surface area contributed by atoms with Crippen LogP contribution in [-0.4, -0.2) is 30.3 Å². The maximum absolute atomic E-state index is 12.1. The van der Waals surface area contributed by atoms with Crippen LogP contribution in [0.25, 0.3) is 0 Å². The van der Waals surface area contributed by atoms with Gasteiger partial charge in [-0.2, -0.15) is 0 Å². The molecule has 0 saturated carbocycles. The van der Waals surface area contributed by atoms with Crippen LogP contribution in [0.5, 0.6) is 5.75 Å². The second-order valence-electron chi connectivity index (χ2n) is 4.07. The van der Waals surface area contributed by atoms with Crippen LogP contribution < -0.4 is 4.74 Å². The number of rotatable bonds is 2. The molecule has 1 amide bonds. The van der Waals surface area contributed by atoms with E-state index in [4.69, 9.17) is 0 Å². The number of carbonyl (C=O) groups excluding carboxylic acids is 1. The third-order valence-electron chi connectivity index (χ3n) is 2.71. The third-order valence-corrected chi connectivity index (χ3v) is 2.71. The van der Waals surface area contributed by atoms with Crippen LogP contribution in [0.1, 0.15) is 23.2 Å². The minimum Gasteiger partial charge on any atom is -0.406 e. The Labute approximate surface area is 102 Å². The minimum atomic E-state index is -4.74. The van der Waals surface area contributed by atoms with Crippen LogP contribution in [0.4, 0.5) is 13.2 Å². The first-order chi connectivity index (χ1) is 8.46. The molecule has 1 heterocycles. The number of hydrogen-bond acceptors (Lipinski definition) is 2. The molecule has 1 aromatic rings. The van der Waals surface area contributed by atoms with Crippen LogP contribution in [0, 0.1) is 0 Å². The fourth-order valence-corrected chi connectivity index (χ4v) is 1.93. The minimum absolute atomic E-state index is 0.221. The van der Waals surface area contributed by atoms with Crippen molar-refractivity contribution in [1.82, 2.24) is 4.90 Å². The van der Waals surface area contributed by atoms with Gasteiger partial charge in [-0.25, -0.2) is 0 Å². The Balaban J connectivity index is 2.13. The molecule has 2 rings (SSSR count). The summed E-state index contributed by atoms with van der Waals surface area (Å²) in [6, 6.07) is 5.16. The summed E-state index contributed by atoms with van der Waals surface area (Å²) in [6.45, 7) is 1.31. The Hall–Kier alpha value is -1.72. The normalized spacial score (nSPS) is 15.8. The second kappa shape index (κ2) is 4.88. The lowest BCUT2D eigenvalue weighted by molar-refractivity contribution is -0.274. The summed E-state index contributed by atoms with van der Waals surface area (Å²) in [7, 11) is 0. The summed E-state index contributed by atoms with van der Waals surface area (Å²) in [4.78, 5) is 13.6. The van der Waals surface area contributed by atoms with Gasteiger partial charge in [0.05, 0.1) is 0 Å². The smallest absolute Gasteiger partial charge is 0.406 e. The number of likely N-dealkylation sites (tertiary alicyclic amines) is 1. The molecule has 3 nitrogen and oxygen atoms in total. The molecule has 1 fully saturated rings. The zero-order valence-corrected chi connectivity index (χ0v) is 9.54. The predicted molar refractivity (Wildman–Crippen MR) is 58.3 cm³/mol. The predicted octanol–water partition coefficient (Wildman–Crippen LogP) is 2.82. The van der Waals surface area contributed by atoms with Gasteiger partial charge in [0.15, 0.2) is 0 Å². The first-order valence-electron chi connectivity index (χ1n) is 5.61. The van der Waals surface area contributed by atoms with Gasteiger partial charge in [-0.1, -0.05) is 6.07 Å². The third kappa shape index (κ3) is 3.15. The first kappa shape index (κ1) is 12.7. The summed E-state index contributed by atoms with van der Waals surface area (Å²) in [5.41, 5.74) is 0.221. The molecule has 0 spiro atoms. The molecule has 1 aliphatic heterocycles. The van der Waals surface area contributed by atoms with E-state index in [1.54, 1.807) is 4.90 Å². The second-order valence-corrected chi connectivity index (χ2v) is 4.07. The molecule has 6 heteroatoms. The highest BCUT2D eigenvalue weighted by atomic mass is 19.4. The number of alkyl halides is 3. The van der Waals surface area contributed by atoms with Gasteiger partial charge in [0.1, 0.15) is 5.75 Å². The van der Waals surface area contributed by atoms with E-state index in [1.807, 2.05) is 0 Å². The number of amides is 1. The fourth-order valence-electron chi connectivity index (χ4n) is 1.93. The number of halogens is 3. The van der Waals surface area contributed by atoms with Crippen molar-refractivity contribution in [1.29, 1.82) is 0 Å². The van der Waals surface area contributed by atoms with E-state index in [9.17, 15) is 18.0 Å². The van der Waals surface area contributed by atoms with Gasteiger partial charge in [0.2, 0.25) is 0 Å². The van der Waals surface area contributed by atoms with E-state index in [-0.39, 0.29) is 17.2 Å². The maximum atomic E-state index is 12.1. The molecule has 0 atom stereocenters. The van der Waals surface area contributed by atoms with Crippen LogP contribution in [0.2, 0.25) is 0 Å². The topological polar surface area (TPSA) is 29.5 Å². The van der Waals surface area contributed by atoms with Crippen molar-refractivity contribution in [2.75, 3.05) is 13.1 Å². The van der Waals surface area contributed by atoms with Gasteiger partial charge in [-0.05, 0) is 31.0 Å². The zero-order valence-electron chi connectivity index (χ0n) is 9.54. The van der Waals surface area contributed by atoms with Crippen molar-refractivity contribution in [3.63, 3.8) is 0 Å². The number of hydrogen-bond donors (Lipinski definition) is 0. The number of nitrogens with zero attached hydrogens (tertiary/aromatic N) is 1. The molecule has 98 valence electrons. The Morgan fingerprint density at radius 1 is 1.22 bits per heavy atom. The van der Waals surface area contributed by atoms with Crippen LogP contribution >= 0.6 is 0 Å². The Kier molecular flexibility index (Phi) is 3.45. The van der Waals surface area contributed by atoms with Crippen molar-refractivity contribution in [2.24, 2.45) is 0 Å². The van der Waals surface area contributed by atoms with E-state index in [2.05, 4.69) is 4.74 Å². The molecule has 1 aliphatic rings. The van der Waals surface area contributed by atoms with Crippen molar-refractivity contribution >= 4 is 5.91 Å². The highest BCUT2D eigenvalue weighted by Crippen LogP contribution is 2.24. The molecule has 0 radical (unpaired) electrons. The van der Waals surface area contributed by atoms with Gasteiger partial charge in [0, 0.05) is 18.7 Å². The van der Waals surface area contributed by atoms with E-state index in [0.717, 1.165) is 18.9 Å². The van der Waals surface area contributed by atoms with Crippen LogP contribution in [0.15, 0.2) is 24.3 Å². The van der Waals surface area contributed by atoms with Gasteiger partial charge in [-0.3, -0.25) is 4.79 Å². The summed E-state index contributed by atoms with van der Waals surface area (Å²) in [6.07, 6.45) is -2.87. The summed E-state index contributed by atoms with van der Waals surface area (Å²) in [5, 5.41) is 0. The summed E-state index contributed by atoms with van der Waals surface area (Å²) in [5.74, 6) is -0.618. The molecule has 0 N–H and O–H groups in total. The van der Waals surface area contributed by atoms with Crippen molar-refractivity contribution in [3.8, 4) is 5.75 Å². The highest BCUT2D eigenvalue weighted by molar-refractivity contribution is 5.94. The SMILES string of the molecule is O=C(c1cccc(OC(F)(F)F)c1)N1CCCC1. The zero-order chi connectivity index (χ0) is 13.2. The lowest BCUT2D eigenvalue weighted by Crippen LogP contribution is -2.27. The average molecular weight is 259 g/mol. The average Bonchev–Trinajstić information content (AvgIpc) is 2.79. The lowest BCUT2D eigenvalue weighted by atomic mass is 10.2. The van der Waals surface area contributed by atoms with E-state index in [0.29, 0.717) is 13.1 Å². The van der Waals surface area contributed by atoms with E-state index < -0.39 is 6.36 Å². The van der Waals surface area contributed by atoms with Gasteiger partial charge >= 0.3 is 6.36 Å². The first-order valence-corrected chi connectivity index (χ1v) is 5.61. The quantitative estimate of drug-likeness (QED) is 0.817. The Morgan fingerprint density at radius 3 is 2.50 bits per heavy atom. The molecule has 18 heavy (non-hydrogen) atoms. The van der Waals surface area contributed by atoms with Gasteiger partial charge in [0.25, 0.3) is 5.91 Å². The molecule has 0 unspecified atom stereocenters. The van der Waals surface area contributed by atoms with Crippen molar-refractivity contribution < 1.29 is 22.7 Å². The lowest BCUT2D eigenvalue weighted by Gasteiger charge is -2.16. The highest BCUT2D eigenvalue weighted by Gasteiger charge is 2.31. The molecule has 1 saturated heterocycles. The fraction of sp³-hybridized carbons (Fsp3) is 0.417. The van der Waals surface area contributed by atoms with Crippen molar-refractivity contribution in [2.45, 2.75) is 19.2 Å². The molecule has 1 aromatic carbocycles. The monoisotopic (exact) mass is 259 g/mol. The van der Waals surface area contributed by atoms with Crippen LogP contribution in [-0.2, 0) is 0 Å². The van der Waals surface area contributed by atoms with Crippen LogP contribution in [0.3, 0.4) is 0 Å². The molecule has 0 bridgehead atoms. The number of benzene rings is 1. The largest absolute Gasteiger partial charge is 0.573 e. The number of carbonyl (C=O) groups is 1. The molecule has 0 aromatic heterocycles. The molecule has 0 aliphatic carbocycles. The van der Waals surface area contributed by atoms with E-state index in [1.165, 1.54) is 18.2 Å². The molecular formula is C12H12F3NO2. The Bertz CT molecular complexity index is 439. The van der Waals surface area contributed by atoms with Crippen molar-refractivity contribution in [3.05, 3.63) is 29.8 Å². The Morgan fingerprint density at radius 2 is 1.89 bits per heavy atom. The summed E-state index contributed by atoms with van der Waals surface area (Å²) < 4.78 is 40.0. The standard InChI is InChI=1S/C12H12F3NO2/c13-12(14,15)18-10-5-3-4-9(8-10)11(17)16-6-1-2-7-16/h3-5,8H,1-2,6-7H2.